The van der Waals surface area contributed by atoms with Crippen LogP contribution in [0.1, 0.15) is 30.5 Å². The van der Waals surface area contributed by atoms with Gasteiger partial charge < -0.3 is 9.47 Å². The van der Waals surface area contributed by atoms with Gasteiger partial charge in [-0.2, -0.15) is 0 Å². The summed E-state index contributed by atoms with van der Waals surface area (Å²) in [5, 5.41) is 0. The van der Waals surface area contributed by atoms with Gasteiger partial charge in [0.25, 0.3) is 0 Å². The van der Waals surface area contributed by atoms with Crippen LogP contribution in [0, 0.1) is 6.92 Å². The first-order chi connectivity index (χ1) is 11.4. The SMILES string of the molecule is CCC(NS(=O)(=O)c1ccc(OC)c(OC)c1)c1ccc(C)cc1. The number of methoxy groups -OCH3 is 2. The smallest absolute Gasteiger partial charge is 0.241 e. The molecule has 130 valence electrons. The Labute approximate surface area is 143 Å². The lowest BCUT2D eigenvalue weighted by Gasteiger charge is -2.18. The second-order valence-electron chi connectivity index (χ2n) is 5.51. The third kappa shape index (κ3) is 4.07. The van der Waals surface area contributed by atoms with Crippen LogP contribution in [0.5, 0.6) is 11.5 Å². The van der Waals surface area contributed by atoms with Gasteiger partial charge in [-0.25, -0.2) is 13.1 Å². The Morgan fingerprint density at radius 2 is 1.62 bits per heavy atom. The highest BCUT2D eigenvalue weighted by Crippen LogP contribution is 2.30. The van der Waals surface area contributed by atoms with E-state index in [9.17, 15) is 8.42 Å². The Hall–Kier alpha value is -2.05. The normalized spacial score (nSPS) is 12.7. The minimum Gasteiger partial charge on any atom is -0.493 e. The molecule has 0 aliphatic rings. The molecule has 0 saturated heterocycles. The molecule has 2 aromatic carbocycles. The Kier molecular flexibility index (Phi) is 5.85. The number of hydrogen-bond donors (Lipinski definition) is 1. The largest absolute Gasteiger partial charge is 0.493 e. The topological polar surface area (TPSA) is 64.6 Å². The molecule has 24 heavy (non-hydrogen) atoms. The van der Waals surface area contributed by atoms with E-state index >= 15 is 0 Å². The van der Waals surface area contributed by atoms with Crippen molar-refractivity contribution < 1.29 is 17.9 Å². The second kappa shape index (κ2) is 7.68. The summed E-state index contributed by atoms with van der Waals surface area (Å²) in [6.07, 6.45) is 0.648. The molecular weight excluding hydrogens is 326 g/mol. The zero-order valence-electron chi connectivity index (χ0n) is 14.4. The maximum atomic E-state index is 12.7. The number of ether oxygens (including phenoxy) is 2. The molecule has 0 aromatic heterocycles. The maximum absolute atomic E-state index is 12.7. The summed E-state index contributed by atoms with van der Waals surface area (Å²) in [7, 11) is -0.689. The lowest BCUT2D eigenvalue weighted by atomic mass is 10.0. The van der Waals surface area contributed by atoms with Crippen molar-refractivity contribution in [3.05, 3.63) is 53.6 Å². The van der Waals surface area contributed by atoms with Crippen LogP contribution in [-0.4, -0.2) is 22.6 Å². The van der Waals surface area contributed by atoms with Crippen molar-refractivity contribution in [2.45, 2.75) is 31.2 Å². The Morgan fingerprint density at radius 3 is 2.17 bits per heavy atom. The van der Waals surface area contributed by atoms with Crippen LogP contribution in [0.2, 0.25) is 0 Å². The molecule has 0 aliphatic heterocycles. The number of rotatable bonds is 7. The van der Waals surface area contributed by atoms with E-state index in [4.69, 9.17) is 9.47 Å². The first-order valence-electron chi connectivity index (χ1n) is 7.72. The average Bonchev–Trinajstić information content (AvgIpc) is 2.59. The van der Waals surface area contributed by atoms with E-state index in [1.807, 2.05) is 38.1 Å². The summed E-state index contributed by atoms with van der Waals surface area (Å²) >= 11 is 0. The van der Waals surface area contributed by atoms with E-state index in [0.29, 0.717) is 17.9 Å². The lowest BCUT2D eigenvalue weighted by molar-refractivity contribution is 0.354. The summed E-state index contributed by atoms with van der Waals surface area (Å²) in [5.74, 6) is 0.866. The van der Waals surface area contributed by atoms with Gasteiger partial charge in [0, 0.05) is 12.1 Å². The fourth-order valence-corrected chi connectivity index (χ4v) is 3.75. The molecule has 1 atom stereocenters. The molecule has 0 saturated carbocycles. The van der Waals surface area contributed by atoms with Crippen molar-refractivity contribution in [2.24, 2.45) is 0 Å². The van der Waals surface area contributed by atoms with Gasteiger partial charge in [0.2, 0.25) is 10.0 Å². The third-order valence-electron chi connectivity index (χ3n) is 3.85. The number of sulfonamides is 1. The third-order valence-corrected chi connectivity index (χ3v) is 5.32. The standard InChI is InChI=1S/C18H23NO4S/c1-5-16(14-8-6-13(2)7-9-14)19-24(20,21)15-10-11-17(22-3)18(12-15)23-4/h6-12,16,19H,5H2,1-4H3. The predicted octanol–water partition coefficient (Wildman–Crippen LogP) is 3.44. The minimum atomic E-state index is -3.67. The first kappa shape index (κ1) is 18.3. The van der Waals surface area contributed by atoms with E-state index in [1.54, 1.807) is 6.07 Å². The highest BCUT2D eigenvalue weighted by atomic mass is 32.2. The Bertz CT molecular complexity index is 785. The van der Waals surface area contributed by atoms with Crippen molar-refractivity contribution >= 4 is 10.0 Å². The number of nitrogens with one attached hydrogen (secondary N) is 1. The zero-order valence-corrected chi connectivity index (χ0v) is 15.2. The summed E-state index contributed by atoms with van der Waals surface area (Å²) in [6, 6.07) is 12.1. The summed E-state index contributed by atoms with van der Waals surface area (Å²) in [6.45, 7) is 3.94. The van der Waals surface area contributed by atoms with Crippen LogP contribution in [-0.2, 0) is 10.0 Å². The quantitative estimate of drug-likeness (QED) is 0.832. The maximum Gasteiger partial charge on any atom is 0.241 e. The molecule has 0 aliphatic carbocycles. The van der Waals surface area contributed by atoms with Crippen molar-refractivity contribution in [3.8, 4) is 11.5 Å². The summed E-state index contributed by atoms with van der Waals surface area (Å²) < 4.78 is 38.5. The van der Waals surface area contributed by atoms with Gasteiger partial charge in [0.1, 0.15) is 0 Å². The van der Waals surface area contributed by atoms with Crippen molar-refractivity contribution in [1.29, 1.82) is 0 Å². The van der Waals surface area contributed by atoms with E-state index in [-0.39, 0.29) is 10.9 Å². The summed E-state index contributed by atoms with van der Waals surface area (Å²) in [5.41, 5.74) is 2.07. The number of aryl methyl sites for hydroxylation is 1. The fraction of sp³-hybridized carbons (Fsp3) is 0.333. The second-order valence-corrected chi connectivity index (χ2v) is 7.22. The van der Waals surface area contributed by atoms with Crippen LogP contribution in [0.4, 0.5) is 0 Å². The predicted molar refractivity (Wildman–Crippen MR) is 94.1 cm³/mol. The number of hydrogen-bond acceptors (Lipinski definition) is 4. The van der Waals surface area contributed by atoms with Gasteiger partial charge in [-0.15, -0.1) is 0 Å². The van der Waals surface area contributed by atoms with Gasteiger partial charge in [-0.3, -0.25) is 0 Å². The van der Waals surface area contributed by atoms with Gasteiger partial charge in [-0.05, 0) is 31.0 Å². The first-order valence-corrected chi connectivity index (χ1v) is 9.20. The molecule has 1 unspecified atom stereocenters. The molecule has 5 nitrogen and oxygen atoms in total. The molecule has 0 fully saturated rings. The Morgan fingerprint density at radius 1 is 1.00 bits per heavy atom. The van der Waals surface area contributed by atoms with E-state index in [2.05, 4.69) is 4.72 Å². The molecule has 0 radical (unpaired) electrons. The fourth-order valence-electron chi connectivity index (χ4n) is 2.42. The van der Waals surface area contributed by atoms with Crippen LogP contribution in [0.3, 0.4) is 0 Å². The van der Waals surface area contributed by atoms with Crippen molar-refractivity contribution in [2.75, 3.05) is 14.2 Å². The van der Waals surface area contributed by atoms with Gasteiger partial charge in [0.15, 0.2) is 11.5 Å². The van der Waals surface area contributed by atoms with Gasteiger partial charge in [0.05, 0.1) is 19.1 Å². The molecule has 0 heterocycles. The van der Waals surface area contributed by atoms with Crippen LogP contribution < -0.4 is 14.2 Å². The van der Waals surface area contributed by atoms with Gasteiger partial charge >= 0.3 is 0 Å². The molecule has 2 rings (SSSR count). The van der Waals surface area contributed by atoms with E-state index < -0.39 is 10.0 Å². The average molecular weight is 349 g/mol. The summed E-state index contributed by atoms with van der Waals surface area (Å²) in [4.78, 5) is 0.144. The zero-order chi connectivity index (χ0) is 17.7. The molecular formula is C18H23NO4S. The highest BCUT2D eigenvalue weighted by Gasteiger charge is 2.21. The molecule has 1 N–H and O–H groups in total. The highest BCUT2D eigenvalue weighted by molar-refractivity contribution is 7.89. The minimum absolute atomic E-state index is 0.144. The van der Waals surface area contributed by atoms with Crippen molar-refractivity contribution in [1.82, 2.24) is 4.72 Å². The Balaban J connectivity index is 2.30. The van der Waals surface area contributed by atoms with E-state index in [0.717, 1.165) is 11.1 Å². The van der Waals surface area contributed by atoms with E-state index in [1.165, 1.54) is 26.4 Å². The van der Waals surface area contributed by atoms with Crippen molar-refractivity contribution in [3.63, 3.8) is 0 Å². The van der Waals surface area contributed by atoms with Crippen LogP contribution >= 0.6 is 0 Å². The molecule has 0 amide bonds. The molecule has 0 bridgehead atoms. The monoisotopic (exact) mass is 349 g/mol. The lowest BCUT2D eigenvalue weighted by Crippen LogP contribution is -2.28. The number of benzene rings is 2. The van der Waals surface area contributed by atoms with Gasteiger partial charge in [-0.1, -0.05) is 36.8 Å². The van der Waals surface area contributed by atoms with Crippen LogP contribution in [0.25, 0.3) is 0 Å². The molecule has 2 aromatic rings. The molecule has 0 spiro atoms. The molecule has 6 heteroatoms. The van der Waals surface area contributed by atoms with Crippen LogP contribution in [0.15, 0.2) is 47.4 Å².